The number of hydrogen-bond acceptors (Lipinski definition) is 3. The lowest BCUT2D eigenvalue weighted by Crippen LogP contribution is -2.31. The predicted molar refractivity (Wildman–Crippen MR) is 99.1 cm³/mol. The maximum atomic E-state index is 12.4. The molecule has 0 unspecified atom stereocenters. The van der Waals surface area contributed by atoms with Crippen LogP contribution in [-0.2, 0) is 0 Å². The van der Waals surface area contributed by atoms with E-state index in [0.717, 1.165) is 0 Å². The largest absolute Gasteiger partial charge is 0.490 e. The molecule has 0 aromatic heterocycles. The van der Waals surface area contributed by atoms with Gasteiger partial charge in [0.15, 0.2) is 0 Å². The topological polar surface area (TPSA) is 67.4 Å². The first-order valence-corrected chi connectivity index (χ1v) is 8.06. The molecule has 0 saturated carbocycles. The van der Waals surface area contributed by atoms with E-state index in [9.17, 15) is 9.59 Å². The molecule has 2 rings (SSSR count). The number of anilines is 1. The van der Waals surface area contributed by atoms with E-state index < -0.39 is 0 Å². The van der Waals surface area contributed by atoms with Crippen molar-refractivity contribution in [2.24, 2.45) is 0 Å². The van der Waals surface area contributed by atoms with Gasteiger partial charge in [-0.25, -0.2) is 0 Å². The van der Waals surface area contributed by atoms with Gasteiger partial charge in [-0.15, -0.1) is 0 Å². The number of carbonyl (C=O) groups excluding carboxylic acids is 2. The molecule has 0 spiro atoms. The first kappa shape index (κ1) is 18.3. The summed E-state index contributed by atoms with van der Waals surface area (Å²) in [6.45, 7) is 7.76. The van der Waals surface area contributed by atoms with Crippen LogP contribution in [0.4, 0.5) is 5.69 Å². The fourth-order valence-electron chi connectivity index (χ4n) is 2.18. The zero-order chi connectivity index (χ0) is 18.2. The number of benzene rings is 2. The Kier molecular flexibility index (Phi) is 6.34. The highest BCUT2D eigenvalue weighted by molar-refractivity contribution is 6.09. The summed E-state index contributed by atoms with van der Waals surface area (Å²) >= 11 is 0. The Morgan fingerprint density at radius 2 is 1.76 bits per heavy atom. The zero-order valence-corrected chi connectivity index (χ0v) is 14.4. The van der Waals surface area contributed by atoms with Crippen LogP contribution in [0.1, 0.15) is 34.6 Å². The monoisotopic (exact) mass is 338 g/mol. The van der Waals surface area contributed by atoms with Gasteiger partial charge >= 0.3 is 0 Å². The maximum absolute atomic E-state index is 12.4. The highest BCUT2D eigenvalue weighted by Crippen LogP contribution is 2.18. The van der Waals surface area contributed by atoms with Gasteiger partial charge in [0.2, 0.25) is 0 Å². The minimum atomic E-state index is -0.292. The quantitative estimate of drug-likeness (QED) is 0.757. The Morgan fingerprint density at radius 3 is 2.40 bits per heavy atom. The SMILES string of the molecule is C=CCOc1ccc(C(=O)Nc2ccccc2C(=O)NC(C)C)cc1. The number of para-hydroxylation sites is 1. The van der Waals surface area contributed by atoms with Crippen LogP contribution in [0, 0.1) is 0 Å². The molecular weight excluding hydrogens is 316 g/mol. The Balaban J connectivity index is 2.12. The summed E-state index contributed by atoms with van der Waals surface area (Å²) in [7, 11) is 0. The molecule has 130 valence electrons. The van der Waals surface area contributed by atoms with E-state index in [0.29, 0.717) is 29.2 Å². The van der Waals surface area contributed by atoms with Crippen molar-refractivity contribution in [1.82, 2.24) is 5.32 Å². The first-order chi connectivity index (χ1) is 12.0. The van der Waals surface area contributed by atoms with Crippen LogP contribution in [0.5, 0.6) is 5.75 Å². The second kappa shape index (κ2) is 8.68. The Hall–Kier alpha value is -3.08. The molecule has 2 aromatic rings. The second-order valence-corrected chi connectivity index (χ2v) is 5.75. The first-order valence-electron chi connectivity index (χ1n) is 8.06. The fraction of sp³-hybridized carbons (Fsp3) is 0.200. The predicted octanol–water partition coefficient (Wildman–Crippen LogP) is 3.64. The summed E-state index contributed by atoms with van der Waals surface area (Å²) in [5.41, 5.74) is 1.37. The van der Waals surface area contributed by atoms with Crippen molar-refractivity contribution in [3.8, 4) is 5.75 Å². The maximum Gasteiger partial charge on any atom is 0.255 e. The molecule has 0 aliphatic carbocycles. The molecule has 0 fully saturated rings. The summed E-state index contributed by atoms with van der Waals surface area (Å²) < 4.78 is 5.39. The molecule has 0 aliphatic rings. The van der Waals surface area contributed by atoms with Crippen molar-refractivity contribution in [3.05, 3.63) is 72.3 Å². The lowest BCUT2D eigenvalue weighted by atomic mass is 10.1. The standard InChI is InChI=1S/C20H22N2O3/c1-4-13-25-16-11-9-15(10-12-16)19(23)22-18-8-6-5-7-17(18)20(24)21-14(2)3/h4-12,14H,1,13H2,2-3H3,(H,21,24)(H,22,23). The molecule has 25 heavy (non-hydrogen) atoms. The van der Waals surface area contributed by atoms with Gasteiger partial charge < -0.3 is 15.4 Å². The van der Waals surface area contributed by atoms with E-state index in [1.807, 2.05) is 13.8 Å². The van der Waals surface area contributed by atoms with E-state index in [4.69, 9.17) is 4.74 Å². The van der Waals surface area contributed by atoms with Crippen LogP contribution in [-0.4, -0.2) is 24.5 Å². The summed E-state index contributed by atoms with van der Waals surface area (Å²) in [4.78, 5) is 24.7. The normalized spacial score (nSPS) is 10.2. The molecular formula is C20H22N2O3. The van der Waals surface area contributed by atoms with Crippen molar-refractivity contribution in [1.29, 1.82) is 0 Å². The molecule has 5 nitrogen and oxygen atoms in total. The molecule has 2 N–H and O–H groups in total. The van der Waals surface area contributed by atoms with E-state index >= 15 is 0 Å². The molecule has 0 aliphatic heterocycles. The van der Waals surface area contributed by atoms with Crippen molar-refractivity contribution >= 4 is 17.5 Å². The van der Waals surface area contributed by atoms with Gasteiger partial charge in [0.25, 0.3) is 11.8 Å². The molecule has 0 atom stereocenters. The average molecular weight is 338 g/mol. The van der Waals surface area contributed by atoms with Crippen molar-refractivity contribution < 1.29 is 14.3 Å². The van der Waals surface area contributed by atoms with Crippen molar-refractivity contribution in [2.45, 2.75) is 19.9 Å². The molecule has 2 aromatic carbocycles. The van der Waals surface area contributed by atoms with Gasteiger partial charge in [-0.1, -0.05) is 24.8 Å². The van der Waals surface area contributed by atoms with Crippen LogP contribution in [0.25, 0.3) is 0 Å². The van der Waals surface area contributed by atoms with Gasteiger partial charge in [0.1, 0.15) is 12.4 Å². The Labute approximate surface area is 147 Å². The third-order valence-electron chi connectivity index (χ3n) is 3.32. The number of ether oxygens (including phenoxy) is 1. The molecule has 5 heteroatoms. The Morgan fingerprint density at radius 1 is 1.08 bits per heavy atom. The minimum Gasteiger partial charge on any atom is -0.490 e. The lowest BCUT2D eigenvalue weighted by Gasteiger charge is -2.13. The van der Waals surface area contributed by atoms with Gasteiger partial charge in [0, 0.05) is 11.6 Å². The van der Waals surface area contributed by atoms with Gasteiger partial charge in [-0.2, -0.15) is 0 Å². The smallest absolute Gasteiger partial charge is 0.255 e. The number of carbonyl (C=O) groups is 2. The number of rotatable bonds is 7. The Bertz CT molecular complexity index is 752. The van der Waals surface area contributed by atoms with Gasteiger partial charge in [-0.05, 0) is 50.2 Å². The van der Waals surface area contributed by atoms with Crippen LogP contribution in [0.3, 0.4) is 0 Å². The third-order valence-corrected chi connectivity index (χ3v) is 3.32. The number of hydrogen-bond donors (Lipinski definition) is 2. The second-order valence-electron chi connectivity index (χ2n) is 5.75. The summed E-state index contributed by atoms with van der Waals surface area (Å²) in [5.74, 6) is 0.146. The highest BCUT2D eigenvalue weighted by atomic mass is 16.5. The third kappa shape index (κ3) is 5.21. The van der Waals surface area contributed by atoms with E-state index in [1.54, 1.807) is 54.6 Å². The van der Waals surface area contributed by atoms with E-state index in [2.05, 4.69) is 17.2 Å². The van der Waals surface area contributed by atoms with Crippen LogP contribution < -0.4 is 15.4 Å². The number of nitrogens with one attached hydrogen (secondary N) is 2. The summed E-state index contributed by atoms with van der Waals surface area (Å²) in [6.07, 6.45) is 1.65. The molecule has 0 radical (unpaired) electrons. The fourth-order valence-corrected chi connectivity index (χ4v) is 2.18. The summed E-state index contributed by atoms with van der Waals surface area (Å²) in [6, 6.07) is 13.7. The molecule has 0 saturated heterocycles. The molecule has 2 amide bonds. The van der Waals surface area contributed by atoms with Crippen molar-refractivity contribution in [3.63, 3.8) is 0 Å². The van der Waals surface area contributed by atoms with Gasteiger partial charge in [0.05, 0.1) is 11.3 Å². The highest BCUT2D eigenvalue weighted by Gasteiger charge is 2.14. The molecule has 0 heterocycles. The zero-order valence-electron chi connectivity index (χ0n) is 14.4. The lowest BCUT2D eigenvalue weighted by molar-refractivity contribution is 0.0944. The van der Waals surface area contributed by atoms with E-state index in [1.165, 1.54) is 0 Å². The minimum absolute atomic E-state index is 0.0133. The van der Waals surface area contributed by atoms with Crippen LogP contribution in [0.2, 0.25) is 0 Å². The summed E-state index contributed by atoms with van der Waals surface area (Å²) in [5, 5.41) is 5.61. The van der Waals surface area contributed by atoms with Crippen molar-refractivity contribution in [2.75, 3.05) is 11.9 Å². The number of amides is 2. The van der Waals surface area contributed by atoms with E-state index in [-0.39, 0.29) is 17.9 Å². The van der Waals surface area contributed by atoms with Gasteiger partial charge in [-0.3, -0.25) is 9.59 Å². The van der Waals surface area contributed by atoms with Crippen LogP contribution >= 0.6 is 0 Å². The molecule has 0 bridgehead atoms. The average Bonchev–Trinajstić information content (AvgIpc) is 2.60. The van der Waals surface area contributed by atoms with Crippen LogP contribution in [0.15, 0.2) is 61.2 Å².